The fraction of sp³-hybridized carbons (Fsp3) is 0.176. The van der Waals surface area contributed by atoms with Crippen LogP contribution in [0.1, 0.15) is 10.4 Å². The van der Waals surface area contributed by atoms with Gasteiger partial charge in [0, 0.05) is 17.2 Å². The van der Waals surface area contributed by atoms with E-state index in [-0.39, 0.29) is 18.1 Å². The number of halogens is 1. The number of fused-ring (bicyclic) bond motifs is 1. The molecule has 0 N–H and O–H groups in total. The molecule has 0 bridgehead atoms. The molecule has 0 radical (unpaired) electrons. The molecule has 118 valence electrons. The molecule has 0 fully saturated rings. The fourth-order valence-electron chi connectivity index (χ4n) is 2.33. The van der Waals surface area contributed by atoms with Crippen molar-refractivity contribution in [3.05, 3.63) is 59.9 Å². The Hall–Kier alpha value is -2.34. The summed E-state index contributed by atoms with van der Waals surface area (Å²) in [7, 11) is 0. The number of carbonyl (C=O) groups is 2. The number of amides is 1. The minimum Gasteiger partial charge on any atom is -0.452 e. The van der Waals surface area contributed by atoms with Crippen LogP contribution in [0, 0.1) is 5.82 Å². The minimum absolute atomic E-state index is 0.0902. The van der Waals surface area contributed by atoms with Crippen LogP contribution in [0.4, 0.5) is 10.1 Å². The molecule has 4 nitrogen and oxygen atoms in total. The summed E-state index contributed by atoms with van der Waals surface area (Å²) < 4.78 is 18.1. The van der Waals surface area contributed by atoms with Crippen LogP contribution in [-0.2, 0) is 9.53 Å². The normalized spacial score (nSPS) is 13.3. The molecule has 2 aromatic rings. The van der Waals surface area contributed by atoms with E-state index >= 15 is 0 Å². The van der Waals surface area contributed by atoms with E-state index in [1.165, 1.54) is 18.2 Å². The van der Waals surface area contributed by atoms with E-state index in [1.54, 1.807) is 16.7 Å². The molecule has 0 spiro atoms. The summed E-state index contributed by atoms with van der Waals surface area (Å²) in [6.45, 7) is 0.201. The molecule has 0 unspecified atom stereocenters. The Labute approximate surface area is 137 Å². The lowest BCUT2D eigenvalue weighted by Gasteiger charge is -2.28. The maximum Gasteiger partial charge on any atom is 0.338 e. The first-order chi connectivity index (χ1) is 11.1. The van der Waals surface area contributed by atoms with Gasteiger partial charge in [0.25, 0.3) is 5.91 Å². The highest BCUT2D eigenvalue weighted by molar-refractivity contribution is 7.99. The first-order valence-electron chi connectivity index (χ1n) is 7.10. The number of rotatable bonds is 3. The van der Waals surface area contributed by atoms with Crippen molar-refractivity contribution in [3.63, 3.8) is 0 Å². The average molecular weight is 331 g/mol. The van der Waals surface area contributed by atoms with Gasteiger partial charge in [-0.15, -0.1) is 11.8 Å². The molecule has 0 saturated heterocycles. The van der Waals surface area contributed by atoms with Crippen molar-refractivity contribution in [1.82, 2.24) is 0 Å². The molecule has 2 aromatic carbocycles. The molecule has 6 heteroatoms. The lowest BCUT2D eigenvalue weighted by Crippen LogP contribution is -2.38. The minimum atomic E-state index is -0.711. The number of esters is 1. The van der Waals surface area contributed by atoms with Crippen LogP contribution < -0.4 is 4.90 Å². The first-order valence-corrected chi connectivity index (χ1v) is 8.08. The number of thioether (sulfide) groups is 1. The Balaban J connectivity index is 1.65. The second-order valence-corrected chi connectivity index (χ2v) is 6.08. The van der Waals surface area contributed by atoms with E-state index in [2.05, 4.69) is 0 Å². The van der Waals surface area contributed by atoms with Crippen molar-refractivity contribution < 1.29 is 18.7 Å². The maximum absolute atomic E-state index is 13.1. The third kappa shape index (κ3) is 3.53. The predicted molar refractivity (Wildman–Crippen MR) is 86.2 cm³/mol. The van der Waals surface area contributed by atoms with E-state index in [9.17, 15) is 14.0 Å². The summed E-state index contributed by atoms with van der Waals surface area (Å²) in [5.41, 5.74) is 0.919. The lowest BCUT2D eigenvalue weighted by molar-refractivity contribution is -0.121. The molecule has 0 aliphatic carbocycles. The molecule has 0 atom stereocenters. The lowest BCUT2D eigenvalue weighted by atomic mass is 10.2. The number of nitrogens with zero attached hydrogens (tertiary/aromatic N) is 1. The first kappa shape index (κ1) is 15.6. The Bertz CT molecular complexity index is 750. The second-order valence-electron chi connectivity index (χ2n) is 4.95. The summed E-state index contributed by atoms with van der Waals surface area (Å²) in [6, 6.07) is 12.8. The zero-order valence-corrected chi connectivity index (χ0v) is 13.0. The van der Waals surface area contributed by atoms with Gasteiger partial charge in [0.2, 0.25) is 0 Å². The Morgan fingerprint density at radius 2 is 2.00 bits per heavy atom. The van der Waals surface area contributed by atoms with Crippen molar-refractivity contribution in [1.29, 1.82) is 0 Å². The zero-order valence-electron chi connectivity index (χ0n) is 12.2. The van der Waals surface area contributed by atoms with Crippen molar-refractivity contribution in [2.45, 2.75) is 4.90 Å². The highest BCUT2D eigenvalue weighted by atomic mass is 32.2. The molecule has 1 aliphatic rings. The summed E-state index contributed by atoms with van der Waals surface area (Å²) in [5, 5.41) is 0. The monoisotopic (exact) mass is 331 g/mol. The van der Waals surface area contributed by atoms with Gasteiger partial charge < -0.3 is 9.64 Å². The largest absolute Gasteiger partial charge is 0.452 e. The number of benzene rings is 2. The van der Waals surface area contributed by atoms with Crippen molar-refractivity contribution in [3.8, 4) is 0 Å². The third-order valence-electron chi connectivity index (χ3n) is 3.42. The average Bonchev–Trinajstić information content (AvgIpc) is 2.59. The number of ether oxygens (including phenoxy) is 1. The highest BCUT2D eigenvalue weighted by Gasteiger charge is 2.23. The van der Waals surface area contributed by atoms with Gasteiger partial charge in [-0.1, -0.05) is 18.2 Å². The Morgan fingerprint density at radius 1 is 1.17 bits per heavy atom. The molecular weight excluding hydrogens is 317 g/mol. The molecule has 23 heavy (non-hydrogen) atoms. The molecule has 3 rings (SSSR count). The van der Waals surface area contributed by atoms with E-state index in [1.807, 2.05) is 24.3 Å². The number of para-hydroxylation sites is 1. The second kappa shape index (κ2) is 6.83. The van der Waals surface area contributed by atoms with E-state index in [0.29, 0.717) is 6.54 Å². The summed E-state index contributed by atoms with van der Waals surface area (Å²) >= 11 is 1.69. The number of hydrogen-bond acceptors (Lipinski definition) is 4. The highest BCUT2D eigenvalue weighted by Crippen LogP contribution is 2.34. The molecule has 0 saturated carbocycles. The Morgan fingerprint density at radius 3 is 2.83 bits per heavy atom. The van der Waals surface area contributed by atoms with Crippen molar-refractivity contribution >= 4 is 29.3 Å². The van der Waals surface area contributed by atoms with Gasteiger partial charge in [0.05, 0.1) is 11.3 Å². The van der Waals surface area contributed by atoms with Gasteiger partial charge in [-0.3, -0.25) is 4.79 Å². The maximum atomic E-state index is 13.1. The summed E-state index contributed by atoms with van der Waals surface area (Å²) in [6.07, 6.45) is 0. The smallest absolute Gasteiger partial charge is 0.338 e. The third-order valence-corrected chi connectivity index (χ3v) is 4.46. The predicted octanol–water partition coefficient (Wildman–Crippen LogP) is 3.12. The topological polar surface area (TPSA) is 46.6 Å². The SMILES string of the molecule is O=C(OCC(=O)N1CCSc2ccccc21)c1cccc(F)c1. The van der Waals surface area contributed by atoms with Crippen LogP contribution in [0.3, 0.4) is 0 Å². The standard InChI is InChI=1S/C17H14FNO3S/c18-13-5-3-4-12(10-13)17(21)22-11-16(20)19-8-9-23-15-7-2-1-6-14(15)19/h1-7,10H,8-9,11H2. The van der Waals surface area contributed by atoms with Gasteiger partial charge in [0.15, 0.2) is 6.61 Å². The van der Waals surface area contributed by atoms with Crippen LogP contribution in [0.25, 0.3) is 0 Å². The Kier molecular flexibility index (Phi) is 4.62. The van der Waals surface area contributed by atoms with E-state index in [4.69, 9.17) is 4.74 Å². The van der Waals surface area contributed by atoms with Gasteiger partial charge >= 0.3 is 5.97 Å². The molecule has 0 aromatic heterocycles. The summed E-state index contributed by atoms with van der Waals surface area (Å²) in [5.74, 6) is -0.728. The van der Waals surface area contributed by atoms with Gasteiger partial charge in [0.1, 0.15) is 5.82 Å². The molecular formula is C17H14FNO3S. The van der Waals surface area contributed by atoms with Gasteiger partial charge in [-0.25, -0.2) is 9.18 Å². The van der Waals surface area contributed by atoms with Crippen LogP contribution >= 0.6 is 11.8 Å². The van der Waals surface area contributed by atoms with Crippen LogP contribution in [0.5, 0.6) is 0 Å². The molecule has 1 heterocycles. The summed E-state index contributed by atoms with van der Waals surface area (Å²) in [4.78, 5) is 26.8. The van der Waals surface area contributed by atoms with Crippen molar-refractivity contribution in [2.24, 2.45) is 0 Å². The zero-order chi connectivity index (χ0) is 16.2. The quantitative estimate of drug-likeness (QED) is 0.811. The van der Waals surface area contributed by atoms with Crippen LogP contribution in [0.15, 0.2) is 53.4 Å². The van der Waals surface area contributed by atoms with E-state index < -0.39 is 11.8 Å². The molecule has 1 aliphatic heterocycles. The fourth-order valence-corrected chi connectivity index (χ4v) is 3.33. The van der Waals surface area contributed by atoms with Crippen LogP contribution in [0.2, 0.25) is 0 Å². The van der Waals surface area contributed by atoms with Crippen LogP contribution in [-0.4, -0.2) is 30.8 Å². The number of hydrogen-bond donors (Lipinski definition) is 0. The van der Waals surface area contributed by atoms with Gasteiger partial charge in [-0.2, -0.15) is 0 Å². The molecule has 1 amide bonds. The van der Waals surface area contributed by atoms with Crippen molar-refractivity contribution in [2.75, 3.05) is 23.8 Å². The van der Waals surface area contributed by atoms with Gasteiger partial charge in [-0.05, 0) is 30.3 Å². The number of anilines is 1. The van der Waals surface area contributed by atoms with E-state index in [0.717, 1.165) is 22.4 Å². The number of carbonyl (C=O) groups excluding carboxylic acids is 2.